The summed E-state index contributed by atoms with van der Waals surface area (Å²) in [6.45, 7) is 6.74. The minimum atomic E-state index is -0.290. The van der Waals surface area contributed by atoms with E-state index in [0.29, 0.717) is 30.0 Å². The smallest absolute Gasteiger partial charge is 0.257 e. The maximum atomic E-state index is 12.9. The fourth-order valence-corrected chi connectivity index (χ4v) is 3.76. The van der Waals surface area contributed by atoms with E-state index in [9.17, 15) is 9.59 Å². The molecule has 7 heteroatoms. The number of nitrogens with zero attached hydrogens (tertiary/aromatic N) is 1. The first-order chi connectivity index (χ1) is 14.8. The van der Waals surface area contributed by atoms with Crippen molar-refractivity contribution >= 4 is 29.1 Å². The van der Waals surface area contributed by atoms with Crippen LogP contribution in [0.4, 0.5) is 5.69 Å². The molecule has 0 unspecified atom stereocenters. The zero-order chi connectivity index (χ0) is 22.5. The van der Waals surface area contributed by atoms with Gasteiger partial charge < -0.3 is 19.9 Å². The number of nitrogens with one attached hydrogen (secondary N) is 2. The highest BCUT2D eigenvalue weighted by atomic mass is 35.5. The number of rotatable bonds is 7. The minimum Gasteiger partial charge on any atom is -0.383 e. The SMILES string of the molecule is COCCNC(=O)c1ccc(NC(=O)c2cc(C)n(-c3cccc(C)c3)c2C)cc1Cl. The summed E-state index contributed by atoms with van der Waals surface area (Å²) >= 11 is 6.27. The van der Waals surface area contributed by atoms with Gasteiger partial charge >= 0.3 is 0 Å². The molecule has 1 heterocycles. The van der Waals surface area contributed by atoms with E-state index >= 15 is 0 Å². The van der Waals surface area contributed by atoms with Crippen molar-refractivity contribution in [2.45, 2.75) is 20.8 Å². The first-order valence-electron chi connectivity index (χ1n) is 9.96. The van der Waals surface area contributed by atoms with Gasteiger partial charge in [-0.25, -0.2) is 0 Å². The normalized spacial score (nSPS) is 10.7. The van der Waals surface area contributed by atoms with E-state index < -0.39 is 0 Å². The monoisotopic (exact) mass is 439 g/mol. The van der Waals surface area contributed by atoms with Crippen LogP contribution in [-0.4, -0.2) is 36.6 Å². The summed E-state index contributed by atoms with van der Waals surface area (Å²) in [6, 6.07) is 14.8. The summed E-state index contributed by atoms with van der Waals surface area (Å²) in [5.41, 5.74) is 5.42. The Morgan fingerprint density at radius 2 is 1.77 bits per heavy atom. The van der Waals surface area contributed by atoms with Crippen molar-refractivity contribution in [3.63, 3.8) is 0 Å². The van der Waals surface area contributed by atoms with Crippen LogP contribution < -0.4 is 10.6 Å². The van der Waals surface area contributed by atoms with Crippen molar-refractivity contribution in [2.24, 2.45) is 0 Å². The van der Waals surface area contributed by atoms with E-state index in [2.05, 4.69) is 21.3 Å². The number of benzene rings is 2. The van der Waals surface area contributed by atoms with E-state index in [-0.39, 0.29) is 16.8 Å². The number of carbonyl (C=O) groups is 2. The highest BCUT2D eigenvalue weighted by molar-refractivity contribution is 6.34. The Morgan fingerprint density at radius 1 is 1.00 bits per heavy atom. The molecule has 0 aliphatic rings. The van der Waals surface area contributed by atoms with Crippen LogP contribution in [0.1, 0.15) is 37.7 Å². The number of carbonyl (C=O) groups excluding carboxylic acids is 2. The topological polar surface area (TPSA) is 72.4 Å². The molecule has 0 spiro atoms. The number of ether oxygens (including phenoxy) is 1. The van der Waals surface area contributed by atoms with Gasteiger partial charge in [0.2, 0.25) is 0 Å². The summed E-state index contributed by atoms with van der Waals surface area (Å²) in [5.74, 6) is -0.526. The molecule has 2 aromatic carbocycles. The number of hydrogen-bond acceptors (Lipinski definition) is 3. The molecule has 0 saturated carbocycles. The number of amides is 2. The first-order valence-corrected chi connectivity index (χ1v) is 10.3. The molecule has 6 nitrogen and oxygen atoms in total. The zero-order valence-corrected chi connectivity index (χ0v) is 18.8. The van der Waals surface area contributed by atoms with Crippen molar-refractivity contribution in [3.05, 3.63) is 81.6 Å². The lowest BCUT2D eigenvalue weighted by Crippen LogP contribution is -2.27. The molecule has 0 aliphatic heterocycles. The number of aromatic nitrogens is 1. The van der Waals surface area contributed by atoms with Crippen molar-refractivity contribution in [1.29, 1.82) is 0 Å². The molecule has 2 amide bonds. The third-order valence-corrected chi connectivity index (χ3v) is 5.31. The molecule has 0 atom stereocenters. The Hall–Kier alpha value is -3.09. The molecule has 31 heavy (non-hydrogen) atoms. The second-order valence-corrected chi connectivity index (χ2v) is 7.76. The largest absolute Gasteiger partial charge is 0.383 e. The van der Waals surface area contributed by atoms with Gasteiger partial charge in [0.05, 0.1) is 22.8 Å². The van der Waals surface area contributed by atoms with Gasteiger partial charge in [0.15, 0.2) is 0 Å². The summed E-state index contributed by atoms with van der Waals surface area (Å²) in [7, 11) is 1.56. The lowest BCUT2D eigenvalue weighted by Gasteiger charge is -2.11. The Morgan fingerprint density at radius 3 is 2.45 bits per heavy atom. The minimum absolute atomic E-state index is 0.236. The molecule has 162 valence electrons. The van der Waals surface area contributed by atoms with Gasteiger partial charge in [-0.3, -0.25) is 9.59 Å². The van der Waals surface area contributed by atoms with Gasteiger partial charge in [0.25, 0.3) is 11.8 Å². The maximum absolute atomic E-state index is 12.9. The van der Waals surface area contributed by atoms with Crippen molar-refractivity contribution in [3.8, 4) is 5.69 Å². The predicted molar refractivity (Wildman–Crippen MR) is 124 cm³/mol. The lowest BCUT2D eigenvalue weighted by atomic mass is 10.1. The van der Waals surface area contributed by atoms with Crippen molar-refractivity contribution in [1.82, 2.24) is 9.88 Å². The molecule has 3 rings (SSSR count). The quantitative estimate of drug-likeness (QED) is 0.525. The van der Waals surface area contributed by atoms with Crippen LogP contribution in [0.3, 0.4) is 0 Å². The zero-order valence-electron chi connectivity index (χ0n) is 18.1. The number of aryl methyl sites for hydroxylation is 2. The predicted octanol–water partition coefficient (Wildman–Crippen LogP) is 4.68. The molecule has 1 aromatic heterocycles. The standard InChI is InChI=1S/C24H26ClN3O3/c1-15-6-5-7-19(12-15)28-16(2)13-21(17(28)3)24(30)27-18-8-9-20(22(25)14-18)23(29)26-10-11-31-4/h5-9,12-14H,10-11H2,1-4H3,(H,26,29)(H,27,30). The average molecular weight is 440 g/mol. The van der Waals surface area contributed by atoms with Crippen LogP contribution in [0, 0.1) is 20.8 Å². The third kappa shape index (κ3) is 5.16. The Kier molecular flexibility index (Phi) is 7.15. The van der Waals surface area contributed by atoms with E-state index in [1.165, 1.54) is 0 Å². The van der Waals surface area contributed by atoms with Gasteiger partial charge in [-0.05, 0) is 62.7 Å². The van der Waals surface area contributed by atoms with Gasteiger partial charge in [-0.1, -0.05) is 23.7 Å². The molecule has 0 fully saturated rings. The molecule has 0 saturated heterocycles. The third-order valence-electron chi connectivity index (χ3n) is 5.00. The number of anilines is 1. The molecule has 2 N–H and O–H groups in total. The first kappa shape index (κ1) is 22.6. The van der Waals surface area contributed by atoms with Crippen LogP contribution in [0.15, 0.2) is 48.5 Å². The fraction of sp³-hybridized carbons (Fsp3) is 0.250. The Balaban J connectivity index is 1.78. The molecular weight excluding hydrogens is 414 g/mol. The van der Waals surface area contributed by atoms with E-state index in [0.717, 1.165) is 22.6 Å². The fourth-order valence-electron chi connectivity index (χ4n) is 3.49. The van der Waals surface area contributed by atoms with E-state index in [1.807, 2.05) is 45.0 Å². The Bertz CT molecular complexity index is 1120. The van der Waals surface area contributed by atoms with Crippen molar-refractivity contribution < 1.29 is 14.3 Å². The van der Waals surface area contributed by atoms with Crippen LogP contribution in [0.25, 0.3) is 5.69 Å². The van der Waals surface area contributed by atoms with Gasteiger partial charge in [-0.15, -0.1) is 0 Å². The van der Waals surface area contributed by atoms with Crippen LogP contribution in [0.2, 0.25) is 5.02 Å². The van der Waals surface area contributed by atoms with Gasteiger partial charge in [0, 0.05) is 36.4 Å². The molecule has 0 radical (unpaired) electrons. The van der Waals surface area contributed by atoms with E-state index in [1.54, 1.807) is 25.3 Å². The molecule has 0 aliphatic carbocycles. The van der Waals surface area contributed by atoms with Crippen LogP contribution in [0.5, 0.6) is 0 Å². The highest BCUT2D eigenvalue weighted by Gasteiger charge is 2.18. The molecule has 0 bridgehead atoms. The van der Waals surface area contributed by atoms with E-state index in [4.69, 9.17) is 16.3 Å². The van der Waals surface area contributed by atoms with Gasteiger partial charge in [-0.2, -0.15) is 0 Å². The average Bonchev–Trinajstić information content (AvgIpc) is 3.02. The number of methoxy groups -OCH3 is 1. The maximum Gasteiger partial charge on any atom is 0.257 e. The number of hydrogen-bond donors (Lipinski definition) is 2. The summed E-state index contributed by atoms with van der Waals surface area (Å²) < 4.78 is 6.98. The van der Waals surface area contributed by atoms with Crippen LogP contribution in [-0.2, 0) is 4.74 Å². The summed E-state index contributed by atoms with van der Waals surface area (Å²) in [4.78, 5) is 25.1. The summed E-state index contributed by atoms with van der Waals surface area (Å²) in [5, 5.41) is 5.86. The van der Waals surface area contributed by atoms with Gasteiger partial charge in [0.1, 0.15) is 0 Å². The van der Waals surface area contributed by atoms with Crippen molar-refractivity contribution in [2.75, 3.05) is 25.6 Å². The van der Waals surface area contributed by atoms with Crippen LogP contribution >= 0.6 is 11.6 Å². The second kappa shape index (κ2) is 9.81. The Labute approximate surface area is 187 Å². The highest BCUT2D eigenvalue weighted by Crippen LogP contribution is 2.24. The second-order valence-electron chi connectivity index (χ2n) is 7.36. The molecular formula is C24H26ClN3O3. The summed E-state index contributed by atoms with van der Waals surface area (Å²) in [6.07, 6.45) is 0. The lowest BCUT2D eigenvalue weighted by molar-refractivity contribution is 0.0936. The molecule has 3 aromatic rings. The number of halogens is 1.